The number of hydrogen-bond acceptors (Lipinski definition) is 2. The fourth-order valence-electron chi connectivity index (χ4n) is 2.31. The maximum Gasteiger partial charge on any atom is 0.230 e. The van der Waals surface area contributed by atoms with Gasteiger partial charge in [0, 0.05) is 18.7 Å². The molecular weight excluding hydrogens is 226 g/mol. The molecule has 0 bridgehead atoms. The molecule has 0 aliphatic carbocycles. The molecule has 1 aliphatic rings. The third kappa shape index (κ3) is 2.78. The van der Waals surface area contributed by atoms with Crippen LogP contribution in [-0.2, 0) is 4.79 Å². The van der Waals surface area contributed by atoms with E-state index in [-0.39, 0.29) is 18.1 Å². The van der Waals surface area contributed by atoms with E-state index in [0.717, 1.165) is 13.1 Å². The first-order valence-electron chi connectivity index (χ1n) is 6.44. The third-order valence-electron chi connectivity index (χ3n) is 3.75. The number of Topliss-reactive ketones (excluding diaryl/α,β-unsaturated/α-hetero) is 1. The molecule has 0 aromatic heterocycles. The normalized spacial score (nSPS) is 23.1. The highest BCUT2D eigenvalue weighted by molar-refractivity contribution is 6.07. The van der Waals surface area contributed by atoms with Crippen molar-refractivity contribution >= 4 is 11.7 Å². The summed E-state index contributed by atoms with van der Waals surface area (Å²) in [5.41, 5.74) is 0.617. The molecule has 2 atom stereocenters. The zero-order valence-corrected chi connectivity index (χ0v) is 10.9. The van der Waals surface area contributed by atoms with E-state index in [2.05, 4.69) is 13.8 Å². The van der Waals surface area contributed by atoms with Crippen LogP contribution in [-0.4, -0.2) is 29.7 Å². The van der Waals surface area contributed by atoms with E-state index in [0.29, 0.717) is 17.4 Å². The van der Waals surface area contributed by atoms with E-state index in [1.54, 1.807) is 12.1 Å². The van der Waals surface area contributed by atoms with Gasteiger partial charge in [-0.15, -0.1) is 0 Å². The van der Waals surface area contributed by atoms with Crippen molar-refractivity contribution in [1.29, 1.82) is 0 Å². The molecule has 0 N–H and O–H groups in total. The van der Waals surface area contributed by atoms with Crippen LogP contribution < -0.4 is 0 Å². The van der Waals surface area contributed by atoms with Crippen LogP contribution in [0.15, 0.2) is 30.3 Å². The minimum Gasteiger partial charge on any atom is -0.342 e. The van der Waals surface area contributed by atoms with E-state index in [1.165, 1.54) is 0 Å². The number of nitrogens with zero attached hydrogens (tertiary/aromatic N) is 1. The SMILES string of the molecule is C[C@H]1CN(C(=O)CC(=O)c2ccccc2)C[C@@H]1C. The van der Waals surface area contributed by atoms with Gasteiger partial charge in [0.05, 0.1) is 6.42 Å². The van der Waals surface area contributed by atoms with Crippen molar-refractivity contribution in [2.45, 2.75) is 20.3 Å². The Morgan fingerprint density at radius 3 is 2.22 bits per heavy atom. The maximum absolute atomic E-state index is 12.0. The van der Waals surface area contributed by atoms with Crippen LogP contribution >= 0.6 is 0 Å². The van der Waals surface area contributed by atoms with Crippen molar-refractivity contribution in [3.8, 4) is 0 Å². The van der Waals surface area contributed by atoms with Gasteiger partial charge in [-0.2, -0.15) is 0 Å². The van der Waals surface area contributed by atoms with Gasteiger partial charge < -0.3 is 4.90 Å². The van der Waals surface area contributed by atoms with E-state index < -0.39 is 0 Å². The molecule has 1 aromatic carbocycles. The molecule has 3 nitrogen and oxygen atoms in total. The first-order chi connectivity index (χ1) is 8.58. The average Bonchev–Trinajstić information content (AvgIpc) is 2.71. The molecule has 18 heavy (non-hydrogen) atoms. The van der Waals surface area contributed by atoms with Crippen LogP contribution in [0.3, 0.4) is 0 Å². The number of benzene rings is 1. The van der Waals surface area contributed by atoms with Crippen molar-refractivity contribution in [2.24, 2.45) is 11.8 Å². The molecular formula is C15H19NO2. The number of likely N-dealkylation sites (tertiary alicyclic amines) is 1. The fourth-order valence-corrected chi connectivity index (χ4v) is 2.31. The zero-order chi connectivity index (χ0) is 13.1. The summed E-state index contributed by atoms with van der Waals surface area (Å²) in [6, 6.07) is 9.01. The number of amides is 1. The highest BCUT2D eigenvalue weighted by atomic mass is 16.2. The lowest BCUT2D eigenvalue weighted by atomic mass is 10.0. The molecule has 0 radical (unpaired) electrons. The van der Waals surface area contributed by atoms with Crippen LogP contribution in [0.4, 0.5) is 0 Å². The number of ketones is 1. The van der Waals surface area contributed by atoms with Gasteiger partial charge in [-0.1, -0.05) is 44.2 Å². The predicted molar refractivity (Wildman–Crippen MR) is 70.3 cm³/mol. The standard InChI is InChI=1S/C15H19NO2/c1-11-9-16(10-12(11)2)15(18)8-14(17)13-6-4-3-5-7-13/h3-7,11-12H,8-10H2,1-2H3/t11-,12-/m0/s1. The molecule has 0 unspecified atom stereocenters. The maximum atomic E-state index is 12.0. The van der Waals surface area contributed by atoms with Gasteiger partial charge in [0.15, 0.2) is 5.78 Å². The summed E-state index contributed by atoms with van der Waals surface area (Å²) in [7, 11) is 0. The molecule has 1 aromatic rings. The molecule has 1 fully saturated rings. The molecule has 1 amide bonds. The topological polar surface area (TPSA) is 37.4 Å². The zero-order valence-electron chi connectivity index (χ0n) is 10.9. The Labute approximate surface area is 108 Å². The summed E-state index contributed by atoms with van der Waals surface area (Å²) in [4.78, 5) is 25.8. The van der Waals surface area contributed by atoms with E-state index in [1.807, 2.05) is 23.1 Å². The molecule has 96 valence electrons. The van der Waals surface area contributed by atoms with E-state index in [9.17, 15) is 9.59 Å². The van der Waals surface area contributed by atoms with Crippen LogP contribution in [0.5, 0.6) is 0 Å². The molecule has 0 spiro atoms. The second kappa shape index (κ2) is 5.34. The first kappa shape index (κ1) is 12.8. The number of hydrogen-bond donors (Lipinski definition) is 0. The fraction of sp³-hybridized carbons (Fsp3) is 0.467. The first-order valence-corrected chi connectivity index (χ1v) is 6.44. The van der Waals surface area contributed by atoms with E-state index >= 15 is 0 Å². The van der Waals surface area contributed by atoms with Crippen molar-refractivity contribution in [1.82, 2.24) is 4.90 Å². The average molecular weight is 245 g/mol. The quantitative estimate of drug-likeness (QED) is 0.605. The van der Waals surface area contributed by atoms with Gasteiger partial charge in [-0.25, -0.2) is 0 Å². The number of rotatable bonds is 3. The van der Waals surface area contributed by atoms with E-state index in [4.69, 9.17) is 0 Å². The molecule has 3 heteroatoms. The highest BCUT2D eigenvalue weighted by Gasteiger charge is 2.30. The Kier molecular flexibility index (Phi) is 3.80. The van der Waals surface area contributed by atoms with Gasteiger partial charge in [0.1, 0.15) is 0 Å². The summed E-state index contributed by atoms with van der Waals surface area (Å²) < 4.78 is 0. The molecule has 2 rings (SSSR count). The van der Waals surface area contributed by atoms with Gasteiger partial charge in [0.25, 0.3) is 0 Å². The third-order valence-corrected chi connectivity index (χ3v) is 3.75. The van der Waals surface area contributed by atoms with Gasteiger partial charge in [-0.05, 0) is 11.8 Å². The monoisotopic (exact) mass is 245 g/mol. The van der Waals surface area contributed by atoms with Crippen LogP contribution in [0.1, 0.15) is 30.6 Å². The number of carbonyl (C=O) groups is 2. The minimum atomic E-state index is -0.0900. The predicted octanol–water partition coefficient (Wildman–Crippen LogP) is 2.37. The highest BCUT2D eigenvalue weighted by Crippen LogP contribution is 2.22. The van der Waals surface area contributed by atoms with Gasteiger partial charge >= 0.3 is 0 Å². The Morgan fingerprint density at radius 1 is 1.11 bits per heavy atom. The lowest BCUT2D eigenvalue weighted by Gasteiger charge is -2.15. The summed E-state index contributed by atoms with van der Waals surface area (Å²) in [5.74, 6) is 0.925. The lowest BCUT2D eigenvalue weighted by molar-refractivity contribution is -0.129. The molecule has 1 saturated heterocycles. The largest absolute Gasteiger partial charge is 0.342 e. The Balaban J connectivity index is 1.94. The smallest absolute Gasteiger partial charge is 0.230 e. The van der Waals surface area contributed by atoms with Crippen LogP contribution in [0, 0.1) is 11.8 Å². The summed E-state index contributed by atoms with van der Waals surface area (Å²) in [5, 5.41) is 0. The van der Waals surface area contributed by atoms with Gasteiger partial charge in [-0.3, -0.25) is 9.59 Å². The van der Waals surface area contributed by atoms with Crippen LogP contribution in [0.25, 0.3) is 0 Å². The van der Waals surface area contributed by atoms with Crippen molar-refractivity contribution < 1.29 is 9.59 Å². The number of carbonyl (C=O) groups excluding carboxylic acids is 2. The lowest BCUT2D eigenvalue weighted by Crippen LogP contribution is -2.30. The Morgan fingerprint density at radius 2 is 1.67 bits per heavy atom. The summed E-state index contributed by atoms with van der Waals surface area (Å²) in [6.45, 7) is 5.86. The van der Waals surface area contributed by atoms with Crippen molar-refractivity contribution in [2.75, 3.05) is 13.1 Å². The minimum absolute atomic E-state index is 0.0105. The Hall–Kier alpha value is -1.64. The molecule has 0 saturated carbocycles. The molecule has 1 aliphatic heterocycles. The second-order valence-corrected chi connectivity index (χ2v) is 5.22. The second-order valence-electron chi connectivity index (χ2n) is 5.22. The Bertz CT molecular complexity index is 431. The van der Waals surface area contributed by atoms with Crippen LogP contribution in [0.2, 0.25) is 0 Å². The van der Waals surface area contributed by atoms with Crippen molar-refractivity contribution in [3.05, 3.63) is 35.9 Å². The summed E-state index contributed by atoms with van der Waals surface area (Å²) >= 11 is 0. The van der Waals surface area contributed by atoms with Crippen molar-refractivity contribution in [3.63, 3.8) is 0 Å². The molecule has 1 heterocycles. The van der Waals surface area contributed by atoms with Gasteiger partial charge in [0.2, 0.25) is 5.91 Å². The summed E-state index contributed by atoms with van der Waals surface area (Å²) in [6.07, 6.45) is -0.0105.